The molecule has 0 aliphatic carbocycles. The lowest BCUT2D eigenvalue weighted by atomic mass is 9.97. The molecule has 126 valence electrons. The molecule has 0 atom stereocenters. The van der Waals surface area contributed by atoms with E-state index in [4.69, 9.17) is 4.98 Å². The van der Waals surface area contributed by atoms with E-state index < -0.39 is 0 Å². The molecule has 0 spiro atoms. The minimum absolute atomic E-state index is 0.485. The van der Waals surface area contributed by atoms with Crippen LogP contribution in [0.1, 0.15) is 40.6 Å². The van der Waals surface area contributed by atoms with Crippen molar-refractivity contribution in [3.8, 4) is 6.07 Å². The number of piperidine rings is 1. The third-order valence-corrected chi connectivity index (χ3v) is 6.20. The summed E-state index contributed by atoms with van der Waals surface area (Å²) in [6.07, 6.45) is 2.05. The van der Waals surface area contributed by atoms with Gasteiger partial charge in [0.15, 0.2) is 5.82 Å². The number of benzene rings is 1. The van der Waals surface area contributed by atoms with Crippen molar-refractivity contribution < 1.29 is 0 Å². The number of anilines is 1. The summed E-state index contributed by atoms with van der Waals surface area (Å²) >= 11 is 1.80. The Morgan fingerprint density at radius 2 is 1.92 bits per heavy atom. The number of hydrogen-bond acceptors (Lipinski definition) is 6. The summed E-state index contributed by atoms with van der Waals surface area (Å²) in [6.45, 7) is 5.60. The fraction of sp³-hybridized carbons (Fsp3) is 0.368. The number of para-hydroxylation sites is 1. The van der Waals surface area contributed by atoms with E-state index in [1.54, 1.807) is 11.3 Å². The third-order valence-electron chi connectivity index (χ3n) is 5.00. The summed E-state index contributed by atoms with van der Waals surface area (Å²) in [4.78, 5) is 7.01. The maximum atomic E-state index is 9.51. The average Bonchev–Trinajstić information content (AvgIpc) is 3.08. The summed E-state index contributed by atoms with van der Waals surface area (Å²) in [7, 11) is 0. The minimum atomic E-state index is 0.485. The normalized spacial score (nSPS) is 15.5. The van der Waals surface area contributed by atoms with E-state index in [1.165, 1.54) is 9.71 Å². The zero-order valence-electron chi connectivity index (χ0n) is 14.4. The van der Waals surface area contributed by atoms with E-state index in [-0.39, 0.29) is 0 Å². The molecule has 3 aromatic rings. The second-order valence-corrected chi connectivity index (χ2v) is 7.56. The molecule has 4 rings (SSSR count). The molecule has 0 unspecified atom stereocenters. The van der Waals surface area contributed by atoms with Crippen molar-refractivity contribution in [2.75, 3.05) is 18.0 Å². The van der Waals surface area contributed by atoms with Crippen molar-refractivity contribution >= 4 is 27.4 Å². The van der Waals surface area contributed by atoms with Gasteiger partial charge in [-0.15, -0.1) is 16.4 Å². The van der Waals surface area contributed by atoms with E-state index in [0.717, 1.165) is 48.5 Å². The molecule has 1 saturated heterocycles. The highest BCUT2D eigenvalue weighted by Crippen LogP contribution is 2.35. The maximum absolute atomic E-state index is 9.51. The van der Waals surface area contributed by atoms with Crippen molar-refractivity contribution in [3.05, 3.63) is 46.1 Å². The lowest BCUT2D eigenvalue weighted by Crippen LogP contribution is -2.34. The second kappa shape index (κ2) is 6.41. The Morgan fingerprint density at radius 3 is 2.64 bits per heavy atom. The van der Waals surface area contributed by atoms with Crippen LogP contribution in [0.5, 0.6) is 0 Å². The SMILES string of the molecule is Cc1nnc(N2CCC(c3nc4ccccc4s3)CC2)c(C#N)c1C. The minimum Gasteiger partial charge on any atom is -0.354 e. The molecule has 0 bridgehead atoms. The van der Waals surface area contributed by atoms with Crippen LogP contribution in [0.3, 0.4) is 0 Å². The quantitative estimate of drug-likeness (QED) is 0.700. The zero-order valence-corrected chi connectivity index (χ0v) is 15.2. The number of thiazole rings is 1. The van der Waals surface area contributed by atoms with Crippen LogP contribution in [0, 0.1) is 25.2 Å². The largest absolute Gasteiger partial charge is 0.354 e. The number of rotatable bonds is 2. The molecule has 3 heterocycles. The number of aromatic nitrogens is 3. The first kappa shape index (κ1) is 16.0. The van der Waals surface area contributed by atoms with Crippen LogP contribution in [-0.2, 0) is 0 Å². The van der Waals surface area contributed by atoms with Crippen molar-refractivity contribution in [1.82, 2.24) is 15.2 Å². The Morgan fingerprint density at radius 1 is 1.16 bits per heavy atom. The van der Waals surface area contributed by atoms with Crippen LogP contribution in [0.25, 0.3) is 10.2 Å². The average molecular weight is 349 g/mol. The van der Waals surface area contributed by atoms with Crippen molar-refractivity contribution in [2.45, 2.75) is 32.6 Å². The second-order valence-electron chi connectivity index (χ2n) is 6.50. The van der Waals surface area contributed by atoms with Crippen LogP contribution < -0.4 is 4.90 Å². The summed E-state index contributed by atoms with van der Waals surface area (Å²) in [5.74, 6) is 1.21. The summed E-state index contributed by atoms with van der Waals surface area (Å²) in [5, 5.41) is 19.3. The molecule has 5 nitrogen and oxygen atoms in total. The molecule has 0 saturated carbocycles. The standard InChI is InChI=1S/C19H19N5S/c1-12-13(2)22-23-18(15(12)11-20)24-9-7-14(8-10-24)19-21-16-5-3-4-6-17(16)25-19/h3-6,14H,7-10H2,1-2H3. The van der Waals surface area contributed by atoms with Crippen molar-refractivity contribution in [2.24, 2.45) is 0 Å². The van der Waals surface area contributed by atoms with Gasteiger partial charge in [0.2, 0.25) is 0 Å². The first-order valence-electron chi connectivity index (χ1n) is 8.51. The van der Waals surface area contributed by atoms with Gasteiger partial charge < -0.3 is 4.90 Å². The van der Waals surface area contributed by atoms with Crippen LogP contribution >= 0.6 is 11.3 Å². The highest BCUT2D eigenvalue weighted by molar-refractivity contribution is 7.18. The smallest absolute Gasteiger partial charge is 0.169 e. The number of aryl methyl sites for hydroxylation is 1. The zero-order chi connectivity index (χ0) is 17.4. The van der Waals surface area contributed by atoms with Gasteiger partial charge >= 0.3 is 0 Å². The van der Waals surface area contributed by atoms with Gasteiger partial charge in [-0.25, -0.2) is 4.98 Å². The molecule has 1 aliphatic rings. The molecule has 2 aromatic heterocycles. The molecule has 25 heavy (non-hydrogen) atoms. The van der Waals surface area contributed by atoms with Gasteiger partial charge in [-0.1, -0.05) is 12.1 Å². The first-order valence-corrected chi connectivity index (χ1v) is 9.33. The predicted molar refractivity (Wildman–Crippen MR) is 100 cm³/mol. The predicted octanol–water partition coefficient (Wildman–Crippen LogP) is 3.96. The Hall–Kier alpha value is -2.52. The summed E-state index contributed by atoms with van der Waals surface area (Å²) in [5.41, 5.74) is 3.51. The van der Waals surface area contributed by atoms with Gasteiger partial charge in [0.1, 0.15) is 11.6 Å². The molecule has 1 aromatic carbocycles. The topological polar surface area (TPSA) is 65.7 Å². The van der Waals surface area contributed by atoms with E-state index >= 15 is 0 Å². The van der Waals surface area contributed by atoms with Crippen molar-refractivity contribution in [3.63, 3.8) is 0 Å². The van der Waals surface area contributed by atoms with Crippen molar-refractivity contribution in [1.29, 1.82) is 5.26 Å². The lowest BCUT2D eigenvalue weighted by molar-refractivity contribution is 0.500. The van der Waals surface area contributed by atoms with Gasteiger partial charge in [-0.3, -0.25) is 0 Å². The highest BCUT2D eigenvalue weighted by atomic mass is 32.1. The van der Waals surface area contributed by atoms with E-state index in [9.17, 15) is 5.26 Å². The van der Waals surface area contributed by atoms with Gasteiger partial charge in [-0.05, 0) is 44.4 Å². The number of nitrogens with zero attached hydrogens (tertiary/aromatic N) is 5. The monoisotopic (exact) mass is 349 g/mol. The molecule has 0 N–H and O–H groups in total. The van der Waals surface area contributed by atoms with Gasteiger partial charge in [0, 0.05) is 19.0 Å². The lowest BCUT2D eigenvalue weighted by Gasteiger charge is -2.32. The number of hydrogen-bond donors (Lipinski definition) is 0. The van der Waals surface area contributed by atoms with E-state index in [2.05, 4.69) is 39.4 Å². The van der Waals surface area contributed by atoms with E-state index in [0.29, 0.717) is 11.5 Å². The Balaban J connectivity index is 1.54. The molecule has 6 heteroatoms. The van der Waals surface area contributed by atoms with E-state index in [1.807, 2.05) is 19.9 Å². The molecule has 1 aliphatic heterocycles. The first-order chi connectivity index (χ1) is 12.2. The Bertz CT molecular complexity index is 931. The van der Waals surface area contributed by atoms with Crippen LogP contribution in [0.2, 0.25) is 0 Å². The Labute approximate surface area is 151 Å². The molecule has 0 radical (unpaired) electrons. The number of fused-ring (bicyclic) bond motifs is 1. The summed E-state index contributed by atoms with van der Waals surface area (Å²) < 4.78 is 1.26. The fourth-order valence-corrected chi connectivity index (χ4v) is 4.49. The van der Waals surface area contributed by atoms with Gasteiger partial charge in [0.25, 0.3) is 0 Å². The van der Waals surface area contributed by atoms with Gasteiger partial charge in [0.05, 0.1) is 20.9 Å². The van der Waals surface area contributed by atoms with Crippen LogP contribution in [-0.4, -0.2) is 28.3 Å². The van der Waals surface area contributed by atoms with Crippen LogP contribution in [0.15, 0.2) is 24.3 Å². The van der Waals surface area contributed by atoms with Crippen LogP contribution in [0.4, 0.5) is 5.82 Å². The fourth-order valence-electron chi connectivity index (χ4n) is 3.35. The Kier molecular flexibility index (Phi) is 4.10. The third kappa shape index (κ3) is 2.85. The number of nitriles is 1. The highest BCUT2D eigenvalue weighted by Gasteiger charge is 2.26. The molecule has 1 fully saturated rings. The molecular weight excluding hydrogens is 330 g/mol. The summed E-state index contributed by atoms with van der Waals surface area (Å²) in [6, 6.07) is 10.6. The molecular formula is C19H19N5S. The van der Waals surface area contributed by atoms with Gasteiger partial charge in [-0.2, -0.15) is 10.4 Å². The maximum Gasteiger partial charge on any atom is 0.169 e. The molecule has 0 amide bonds.